The highest BCUT2D eigenvalue weighted by molar-refractivity contribution is 5.78. The van der Waals surface area contributed by atoms with E-state index in [1.54, 1.807) is 6.07 Å². The van der Waals surface area contributed by atoms with Gasteiger partial charge < -0.3 is 9.64 Å². The Hall–Kier alpha value is -2.63. The fraction of sp³-hybridized carbons (Fsp3) is 0.154. The Kier molecular flexibility index (Phi) is 2.38. The molecule has 1 aliphatic heterocycles. The second kappa shape index (κ2) is 3.94. The number of carbonyl (C=O) groups excluding carboxylic acids is 1. The standard InChI is InChI=1S/C13H11N3O3/c1-8(17)16-12(18)7-10-13(14-16)19-11-6-4-3-5-9(11)15(10)2/h3-7H,1-2H3. The molecule has 0 spiro atoms. The van der Waals surface area contributed by atoms with Gasteiger partial charge in [0.25, 0.3) is 11.4 Å². The minimum Gasteiger partial charge on any atom is -0.434 e. The number of carbonyl (C=O) groups is 1. The third-order valence-corrected chi connectivity index (χ3v) is 2.97. The van der Waals surface area contributed by atoms with Crippen LogP contribution in [0.25, 0.3) is 0 Å². The summed E-state index contributed by atoms with van der Waals surface area (Å²) in [6, 6.07) is 8.76. The summed E-state index contributed by atoms with van der Waals surface area (Å²) in [6.07, 6.45) is 0. The second-order valence-electron chi connectivity index (χ2n) is 4.23. The van der Waals surface area contributed by atoms with Gasteiger partial charge in [-0.1, -0.05) is 12.1 Å². The van der Waals surface area contributed by atoms with E-state index in [1.807, 2.05) is 30.1 Å². The molecule has 0 unspecified atom stereocenters. The highest BCUT2D eigenvalue weighted by atomic mass is 16.5. The van der Waals surface area contributed by atoms with Crippen molar-refractivity contribution < 1.29 is 9.53 Å². The van der Waals surface area contributed by atoms with Crippen molar-refractivity contribution in [2.24, 2.45) is 0 Å². The molecule has 0 saturated heterocycles. The molecule has 6 heteroatoms. The Morgan fingerprint density at radius 1 is 1.26 bits per heavy atom. The van der Waals surface area contributed by atoms with E-state index < -0.39 is 11.5 Å². The summed E-state index contributed by atoms with van der Waals surface area (Å²) in [5, 5.41) is 3.95. The second-order valence-corrected chi connectivity index (χ2v) is 4.23. The third kappa shape index (κ3) is 1.69. The van der Waals surface area contributed by atoms with Crippen molar-refractivity contribution in [3.63, 3.8) is 0 Å². The number of aromatic nitrogens is 2. The average molecular weight is 257 g/mol. The molecular formula is C13H11N3O3. The fourth-order valence-corrected chi connectivity index (χ4v) is 2.02. The molecule has 6 nitrogen and oxygen atoms in total. The van der Waals surface area contributed by atoms with Crippen LogP contribution in [-0.2, 0) is 0 Å². The number of ether oxygens (including phenoxy) is 1. The van der Waals surface area contributed by atoms with Gasteiger partial charge in [-0.15, -0.1) is 5.10 Å². The molecule has 0 N–H and O–H groups in total. The van der Waals surface area contributed by atoms with E-state index in [1.165, 1.54) is 13.0 Å². The molecule has 0 aliphatic carbocycles. The van der Waals surface area contributed by atoms with Crippen LogP contribution in [-0.4, -0.2) is 22.7 Å². The number of fused-ring (bicyclic) bond motifs is 2. The lowest BCUT2D eigenvalue weighted by Crippen LogP contribution is -2.30. The molecule has 0 atom stereocenters. The molecule has 0 saturated carbocycles. The predicted octanol–water partition coefficient (Wildman–Crippen LogP) is 1.78. The van der Waals surface area contributed by atoms with Gasteiger partial charge in [-0.3, -0.25) is 9.59 Å². The van der Waals surface area contributed by atoms with Crippen molar-refractivity contribution in [1.82, 2.24) is 9.78 Å². The molecule has 2 aromatic rings. The van der Waals surface area contributed by atoms with Crippen LogP contribution < -0.4 is 15.2 Å². The topological polar surface area (TPSA) is 64.4 Å². The molecular weight excluding hydrogens is 246 g/mol. The van der Waals surface area contributed by atoms with Gasteiger partial charge in [0.2, 0.25) is 5.91 Å². The van der Waals surface area contributed by atoms with Crippen LogP contribution in [0.3, 0.4) is 0 Å². The van der Waals surface area contributed by atoms with E-state index in [-0.39, 0.29) is 5.88 Å². The van der Waals surface area contributed by atoms with Crippen LogP contribution >= 0.6 is 0 Å². The zero-order valence-corrected chi connectivity index (χ0v) is 10.5. The molecule has 96 valence electrons. The Morgan fingerprint density at radius 2 is 2.00 bits per heavy atom. The van der Waals surface area contributed by atoms with Crippen LogP contribution in [0.1, 0.15) is 11.7 Å². The lowest BCUT2D eigenvalue weighted by molar-refractivity contribution is 0.0912. The van der Waals surface area contributed by atoms with Crippen molar-refractivity contribution in [1.29, 1.82) is 0 Å². The predicted molar refractivity (Wildman–Crippen MR) is 69.4 cm³/mol. The SMILES string of the molecule is CC(=O)n1nc2c(cc1=O)N(C)c1ccccc1O2. The molecule has 19 heavy (non-hydrogen) atoms. The maximum Gasteiger partial charge on any atom is 0.276 e. The molecule has 0 fully saturated rings. The minimum absolute atomic E-state index is 0.246. The van der Waals surface area contributed by atoms with Gasteiger partial charge >= 0.3 is 0 Å². The number of hydrogen-bond donors (Lipinski definition) is 0. The van der Waals surface area contributed by atoms with E-state index in [2.05, 4.69) is 5.10 Å². The monoisotopic (exact) mass is 257 g/mol. The third-order valence-electron chi connectivity index (χ3n) is 2.97. The first-order valence-electron chi connectivity index (χ1n) is 5.74. The molecule has 0 amide bonds. The van der Waals surface area contributed by atoms with Crippen molar-refractivity contribution in [2.75, 3.05) is 11.9 Å². The summed E-state index contributed by atoms with van der Waals surface area (Å²) in [4.78, 5) is 24.9. The molecule has 1 aliphatic rings. The number of anilines is 2. The molecule has 0 radical (unpaired) electrons. The van der Waals surface area contributed by atoms with Crippen LogP contribution in [0, 0.1) is 0 Å². The summed E-state index contributed by atoms with van der Waals surface area (Å²) in [5.74, 6) is 0.438. The van der Waals surface area contributed by atoms with Crippen LogP contribution in [0.2, 0.25) is 0 Å². The van der Waals surface area contributed by atoms with Gasteiger partial charge in [0.05, 0.1) is 5.69 Å². The van der Waals surface area contributed by atoms with Crippen molar-refractivity contribution in [3.05, 3.63) is 40.7 Å². The van der Waals surface area contributed by atoms with Crippen molar-refractivity contribution in [2.45, 2.75) is 6.92 Å². The van der Waals surface area contributed by atoms with Gasteiger partial charge in [-0.25, -0.2) is 0 Å². The number of nitrogens with zero attached hydrogens (tertiary/aromatic N) is 3. The van der Waals surface area contributed by atoms with Crippen LogP contribution in [0.4, 0.5) is 11.4 Å². The first-order chi connectivity index (χ1) is 9.08. The Bertz CT molecular complexity index is 736. The summed E-state index contributed by atoms with van der Waals surface area (Å²) in [7, 11) is 1.82. The zero-order chi connectivity index (χ0) is 13.6. The fourth-order valence-electron chi connectivity index (χ4n) is 2.02. The van der Waals surface area contributed by atoms with Crippen LogP contribution in [0.5, 0.6) is 11.6 Å². The first-order valence-corrected chi connectivity index (χ1v) is 5.74. The largest absolute Gasteiger partial charge is 0.434 e. The smallest absolute Gasteiger partial charge is 0.276 e. The number of benzene rings is 1. The lowest BCUT2D eigenvalue weighted by atomic mass is 10.2. The normalized spacial score (nSPS) is 12.4. The molecule has 0 bridgehead atoms. The lowest BCUT2D eigenvalue weighted by Gasteiger charge is -2.28. The molecule has 3 rings (SSSR count). The summed E-state index contributed by atoms with van der Waals surface area (Å²) < 4.78 is 6.42. The molecule has 1 aromatic heterocycles. The summed E-state index contributed by atoms with van der Waals surface area (Å²) >= 11 is 0. The van der Waals surface area contributed by atoms with E-state index in [9.17, 15) is 9.59 Å². The van der Waals surface area contributed by atoms with E-state index in [0.717, 1.165) is 10.4 Å². The number of para-hydroxylation sites is 2. The van der Waals surface area contributed by atoms with Gasteiger partial charge in [0, 0.05) is 20.0 Å². The van der Waals surface area contributed by atoms with Gasteiger partial charge in [-0.05, 0) is 12.1 Å². The number of rotatable bonds is 0. The highest BCUT2D eigenvalue weighted by Gasteiger charge is 2.24. The van der Waals surface area contributed by atoms with Crippen molar-refractivity contribution in [3.8, 4) is 11.6 Å². The quantitative estimate of drug-likeness (QED) is 0.719. The summed E-state index contributed by atoms with van der Waals surface area (Å²) in [5.41, 5.74) is 0.916. The average Bonchev–Trinajstić information content (AvgIpc) is 2.39. The summed E-state index contributed by atoms with van der Waals surface area (Å²) in [6.45, 7) is 1.28. The van der Waals surface area contributed by atoms with Gasteiger partial charge in [0.15, 0.2) is 5.75 Å². The minimum atomic E-state index is -0.471. The maximum absolute atomic E-state index is 11.8. The molecule has 1 aromatic carbocycles. The number of hydrogen-bond acceptors (Lipinski definition) is 5. The van der Waals surface area contributed by atoms with E-state index in [4.69, 9.17) is 4.74 Å². The van der Waals surface area contributed by atoms with Crippen molar-refractivity contribution >= 4 is 17.3 Å². The Morgan fingerprint density at radius 3 is 2.74 bits per heavy atom. The highest BCUT2D eigenvalue weighted by Crippen LogP contribution is 2.43. The van der Waals surface area contributed by atoms with Crippen LogP contribution in [0.15, 0.2) is 35.1 Å². The maximum atomic E-state index is 11.8. The molecule has 2 heterocycles. The Balaban J connectivity index is 2.21. The van der Waals surface area contributed by atoms with E-state index in [0.29, 0.717) is 11.4 Å². The van der Waals surface area contributed by atoms with Gasteiger partial charge in [-0.2, -0.15) is 4.68 Å². The first kappa shape index (κ1) is 11.5. The zero-order valence-electron chi connectivity index (χ0n) is 10.5. The Labute approximate surface area is 108 Å². The van der Waals surface area contributed by atoms with E-state index >= 15 is 0 Å². The van der Waals surface area contributed by atoms with Gasteiger partial charge in [0.1, 0.15) is 5.69 Å².